The van der Waals surface area contributed by atoms with E-state index >= 15 is 0 Å². The van der Waals surface area contributed by atoms with Gasteiger partial charge in [0.15, 0.2) is 0 Å². The normalized spacial score (nSPS) is 16.6. The number of aromatic nitrogens is 4. The van der Waals surface area contributed by atoms with Crippen LogP contribution in [-0.4, -0.2) is 74.9 Å². The minimum Gasteiger partial charge on any atom is -0.445 e. The van der Waals surface area contributed by atoms with Crippen LogP contribution in [-0.2, 0) is 24.4 Å². The van der Waals surface area contributed by atoms with Gasteiger partial charge in [-0.3, -0.25) is 4.90 Å². The van der Waals surface area contributed by atoms with E-state index in [1.165, 1.54) is 5.56 Å². The van der Waals surface area contributed by atoms with Crippen molar-refractivity contribution in [2.75, 3.05) is 44.2 Å². The van der Waals surface area contributed by atoms with Crippen molar-refractivity contribution in [1.29, 1.82) is 0 Å². The van der Waals surface area contributed by atoms with Gasteiger partial charge in [0.05, 0.1) is 13.1 Å². The molecule has 0 spiro atoms. The fraction of sp³-hybridized carbons (Fsp3) is 0.375. The highest BCUT2D eigenvalue weighted by Gasteiger charge is 2.28. The zero-order chi connectivity index (χ0) is 27.9. The summed E-state index contributed by atoms with van der Waals surface area (Å²) >= 11 is 0. The molecular weight excluding hydrogens is 514 g/mol. The second kappa shape index (κ2) is 13.0. The average Bonchev–Trinajstić information content (AvgIpc) is 3.43. The molecule has 0 atom stereocenters. The van der Waals surface area contributed by atoms with E-state index in [2.05, 4.69) is 55.7 Å². The van der Waals surface area contributed by atoms with Gasteiger partial charge in [0.2, 0.25) is 0 Å². The smallest absolute Gasteiger partial charge is 0.410 e. The first-order valence-corrected chi connectivity index (χ1v) is 14.5. The largest absolute Gasteiger partial charge is 0.445 e. The first kappa shape index (κ1) is 27.0. The predicted molar refractivity (Wildman–Crippen MR) is 157 cm³/mol. The number of pyridine rings is 1. The lowest BCUT2D eigenvalue weighted by molar-refractivity contribution is 0.0692. The van der Waals surface area contributed by atoms with Gasteiger partial charge in [-0.2, -0.15) is 0 Å². The van der Waals surface area contributed by atoms with Gasteiger partial charge in [-0.1, -0.05) is 66.7 Å². The van der Waals surface area contributed by atoms with E-state index in [-0.39, 0.29) is 6.09 Å². The summed E-state index contributed by atoms with van der Waals surface area (Å²) in [5, 5.41) is 9.48. The van der Waals surface area contributed by atoms with Crippen LogP contribution in [0.1, 0.15) is 41.5 Å². The molecule has 0 radical (unpaired) electrons. The maximum atomic E-state index is 12.6. The molecule has 4 heterocycles. The maximum Gasteiger partial charge on any atom is 0.410 e. The van der Waals surface area contributed by atoms with Gasteiger partial charge in [-0.25, -0.2) is 9.78 Å². The van der Waals surface area contributed by atoms with E-state index in [0.717, 1.165) is 68.6 Å². The highest BCUT2D eigenvalue weighted by molar-refractivity contribution is 5.67. The Kier molecular flexibility index (Phi) is 8.51. The molecular formula is C32H37N7O2. The molecule has 2 fully saturated rings. The summed E-state index contributed by atoms with van der Waals surface area (Å²) in [6, 6.07) is 26.4. The van der Waals surface area contributed by atoms with Crippen molar-refractivity contribution in [2.24, 2.45) is 0 Å². The molecule has 2 saturated heterocycles. The van der Waals surface area contributed by atoms with Crippen molar-refractivity contribution in [2.45, 2.75) is 38.5 Å². The average molecular weight is 552 g/mol. The number of carbonyl (C=O) groups excluding carboxylic acids is 1. The quantitative estimate of drug-likeness (QED) is 0.318. The standard InChI is InChI=1S/C32H37N7O2/c40-32(41-25-27-11-5-2-6-12-27)38-21-19-36(20-22-38)24-30-34-35-31(39(30)23-26-9-3-1-4-10-26)28-14-17-37(18-15-28)29-13-7-8-16-33-29/h1-13,16,28H,14-15,17-25H2. The third-order valence-electron chi connectivity index (χ3n) is 8.07. The molecule has 2 aromatic carbocycles. The van der Waals surface area contributed by atoms with E-state index in [0.29, 0.717) is 32.2 Å². The molecule has 6 rings (SSSR count). The Hall–Kier alpha value is -4.24. The van der Waals surface area contributed by atoms with Gasteiger partial charge in [0.1, 0.15) is 24.1 Å². The first-order chi connectivity index (χ1) is 20.2. The minimum absolute atomic E-state index is 0.250. The number of hydrogen-bond acceptors (Lipinski definition) is 7. The van der Waals surface area contributed by atoms with Crippen LogP contribution in [0.4, 0.5) is 10.6 Å². The lowest BCUT2D eigenvalue weighted by Crippen LogP contribution is -2.48. The zero-order valence-electron chi connectivity index (χ0n) is 23.4. The fourth-order valence-corrected chi connectivity index (χ4v) is 5.71. The van der Waals surface area contributed by atoms with Gasteiger partial charge >= 0.3 is 6.09 Å². The van der Waals surface area contributed by atoms with Gasteiger partial charge < -0.3 is 19.1 Å². The number of carbonyl (C=O) groups is 1. The van der Waals surface area contributed by atoms with Gasteiger partial charge in [0, 0.05) is 51.4 Å². The molecule has 0 bridgehead atoms. The van der Waals surface area contributed by atoms with Crippen LogP contribution in [0.25, 0.3) is 0 Å². The summed E-state index contributed by atoms with van der Waals surface area (Å²) in [5.74, 6) is 3.46. The summed E-state index contributed by atoms with van der Waals surface area (Å²) in [6.07, 6.45) is 3.65. The summed E-state index contributed by atoms with van der Waals surface area (Å²) in [5.41, 5.74) is 2.24. The summed E-state index contributed by atoms with van der Waals surface area (Å²) in [4.78, 5) is 23.7. The molecule has 2 aliphatic rings. The van der Waals surface area contributed by atoms with Crippen molar-refractivity contribution in [3.63, 3.8) is 0 Å². The van der Waals surface area contributed by atoms with Crippen molar-refractivity contribution < 1.29 is 9.53 Å². The zero-order valence-corrected chi connectivity index (χ0v) is 23.4. The topological polar surface area (TPSA) is 79.6 Å². The molecule has 9 heteroatoms. The number of rotatable bonds is 8. The second-order valence-corrected chi connectivity index (χ2v) is 10.8. The van der Waals surface area contributed by atoms with Gasteiger partial charge in [-0.05, 0) is 36.1 Å². The molecule has 1 amide bonds. The van der Waals surface area contributed by atoms with Crippen molar-refractivity contribution >= 4 is 11.9 Å². The molecule has 2 aliphatic heterocycles. The van der Waals surface area contributed by atoms with Crippen LogP contribution in [0.15, 0.2) is 85.1 Å². The van der Waals surface area contributed by atoms with Crippen molar-refractivity contribution in [3.8, 4) is 0 Å². The summed E-state index contributed by atoms with van der Waals surface area (Å²) < 4.78 is 7.88. The van der Waals surface area contributed by atoms with Crippen LogP contribution < -0.4 is 4.90 Å². The van der Waals surface area contributed by atoms with Gasteiger partial charge in [-0.15, -0.1) is 10.2 Å². The van der Waals surface area contributed by atoms with Crippen LogP contribution in [0.3, 0.4) is 0 Å². The summed E-state index contributed by atoms with van der Waals surface area (Å²) in [7, 11) is 0. The van der Waals surface area contributed by atoms with Crippen molar-refractivity contribution in [1.82, 2.24) is 29.5 Å². The minimum atomic E-state index is -0.250. The van der Waals surface area contributed by atoms with E-state index in [4.69, 9.17) is 14.9 Å². The number of piperidine rings is 1. The number of nitrogens with zero attached hydrogens (tertiary/aromatic N) is 7. The molecule has 41 heavy (non-hydrogen) atoms. The Morgan fingerprint density at radius 3 is 2.12 bits per heavy atom. The van der Waals surface area contributed by atoms with Crippen molar-refractivity contribution in [3.05, 3.63) is 108 Å². The Morgan fingerprint density at radius 2 is 1.44 bits per heavy atom. The van der Waals surface area contributed by atoms with E-state index in [1.807, 2.05) is 48.7 Å². The lowest BCUT2D eigenvalue weighted by Gasteiger charge is -2.34. The van der Waals surface area contributed by atoms with E-state index in [1.54, 1.807) is 4.90 Å². The summed E-state index contributed by atoms with van der Waals surface area (Å²) in [6.45, 7) is 6.50. The van der Waals surface area contributed by atoms with Crippen LogP contribution in [0, 0.1) is 0 Å². The SMILES string of the molecule is O=C(OCc1ccccc1)N1CCN(Cc2nnc(C3CCN(c4ccccn4)CC3)n2Cc2ccccc2)CC1. The van der Waals surface area contributed by atoms with Gasteiger partial charge in [0.25, 0.3) is 0 Å². The number of hydrogen-bond donors (Lipinski definition) is 0. The second-order valence-electron chi connectivity index (χ2n) is 10.8. The highest BCUT2D eigenvalue weighted by atomic mass is 16.6. The Balaban J connectivity index is 1.09. The molecule has 0 N–H and O–H groups in total. The first-order valence-electron chi connectivity index (χ1n) is 14.5. The highest BCUT2D eigenvalue weighted by Crippen LogP contribution is 2.30. The molecule has 0 aliphatic carbocycles. The number of ether oxygens (including phenoxy) is 1. The Bertz CT molecular complexity index is 1380. The fourth-order valence-electron chi connectivity index (χ4n) is 5.71. The molecule has 9 nitrogen and oxygen atoms in total. The molecule has 2 aromatic heterocycles. The molecule has 212 valence electrons. The number of piperazine rings is 1. The maximum absolute atomic E-state index is 12.6. The van der Waals surface area contributed by atoms with Crippen LogP contribution >= 0.6 is 0 Å². The third-order valence-corrected chi connectivity index (χ3v) is 8.07. The van der Waals surface area contributed by atoms with Crippen LogP contribution in [0.5, 0.6) is 0 Å². The molecule has 4 aromatic rings. The van der Waals surface area contributed by atoms with Crippen LogP contribution in [0.2, 0.25) is 0 Å². The monoisotopic (exact) mass is 551 g/mol. The Labute approximate surface area is 241 Å². The lowest BCUT2D eigenvalue weighted by atomic mass is 9.95. The van der Waals surface area contributed by atoms with E-state index in [9.17, 15) is 4.79 Å². The number of anilines is 1. The molecule has 0 saturated carbocycles. The number of amides is 1. The molecule has 0 unspecified atom stereocenters. The van der Waals surface area contributed by atoms with E-state index < -0.39 is 0 Å². The third kappa shape index (κ3) is 6.74. The predicted octanol–water partition coefficient (Wildman–Crippen LogP) is 4.56. The Morgan fingerprint density at radius 1 is 0.756 bits per heavy atom. The number of benzene rings is 2.